The van der Waals surface area contributed by atoms with Crippen LogP contribution in [0.3, 0.4) is 0 Å². The lowest BCUT2D eigenvalue weighted by molar-refractivity contribution is -0.245. The number of cyclic esters (lactones) is 2. The van der Waals surface area contributed by atoms with Crippen LogP contribution in [0.4, 0.5) is 9.59 Å². The number of amides is 2. The number of ether oxygens (including phenoxy) is 2. The van der Waals surface area contributed by atoms with Crippen LogP contribution in [-0.4, -0.2) is 55.1 Å². The Balaban J connectivity index is 1.67. The Labute approximate surface area is 186 Å². The van der Waals surface area contributed by atoms with Crippen LogP contribution in [0.5, 0.6) is 0 Å². The molecular formula is C24H28N2O6. The molecule has 2 saturated heterocycles. The van der Waals surface area contributed by atoms with E-state index in [1.807, 2.05) is 60.7 Å². The Morgan fingerprint density at radius 1 is 0.656 bits per heavy atom. The summed E-state index contributed by atoms with van der Waals surface area (Å²) in [5, 5.41) is 24.5. The van der Waals surface area contributed by atoms with E-state index < -0.39 is 34.8 Å². The summed E-state index contributed by atoms with van der Waals surface area (Å²) in [7, 11) is 0. The molecule has 2 amide bonds. The highest BCUT2D eigenvalue weighted by Gasteiger charge is 2.70. The van der Waals surface area contributed by atoms with Crippen LogP contribution in [0.25, 0.3) is 0 Å². The van der Waals surface area contributed by atoms with Crippen LogP contribution in [-0.2, 0) is 22.3 Å². The quantitative estimate of drug-likeness (QED) is 0.741. The number of hydrazine groups is 1. The molecule has 4 atom stereocenters. The zero-order chi connectivity index (χ0) is 23.4. The molecule has 2 fully saturated rings. The molecule has 8 heteroatoms. The predicted molar refractivity (Wildman–Crippen MR) is 115 cm³/mol. The van der Waals surface area contributed by atoms with Crippen LogP contribution in [0.2, 0.25) is 0 Å². The highest BCUT2D eigenvalue weighted by atomic mass is 16.7. The van der Waals surface area contributed by atoms with Gasteiger partial charge in [0, 0.05) is 12.8 Å². The summed E-state index contributed by atoms with van der Waals surface area (Å²) in [6, 6.07) is 18.5. The van der Waals surface area contributed by atoms with Crippen molar-refractivity contribution in [3.05, 3.63) is 71.8 Å². The first-order valence-electron chi connectivity index (χ1n) is 10.5. The number of hydrogen-bond acceptors (Lipinski definition) is 6. The molecule has 0 bridgehead atoms. The highest BCUT2D eigenvalue weighted by molar-refractivity contribution is 5.79. The average Bonchev–Trinajstić information content (AvgIpc) is 2.98. The van der Waals surface area contributed by atoms with Crippen LogP contribution in [0, 0.1) is 0 Å². The molecule has 8 nitrogen and oxygen atoms in total. The fraction of sp³-hybridized carbons (Fsp3) is 0.417. The fourth-order valence-electron chi connectivity index (χ4n) is 4.40. The van der Waals surface area contributed by atoms with Crippen molar-refractivity contribution in [2.45, 2.75) is 63.2 Å². The second-order valence-electron chi connectivity index (χ2n) is 9.19. The molecule has 2 aliphatic rings. The molecule has 0 unspecified atom stereocenters. The number of rotatable bonds is 5. The Bertz CT molecular complexity index is 942. The molecule has 32 heavy (non-hydrogen) atoms. The molecule has 2 heterocycles. The van der Waals surface area contributed by atoms with E-state index >= 15 is 0 Å². The summed E-state index contributed by atoms with van der Waals surface area (Å²) in [5.41, 5.74) is -5.01. The first kappa shape index (κ1) is 22.1. The van der Waals surface area contributed by atoms with Crippen molar-refractivity contribution in [2.24, 2.45) is 0 Å². The Kier molecular flexibility index (Phi) is 4.98. The molecule has 2 aromatic carbocycles. The lowest BCUT2D eigenvalue weighted by atomic mass is 9.86. The topological polar surface area (TPSA) is 99.5 Å². The summed E-state index contributed by atoms with van der Waals surface area (Å²) >= 11 is 0. The maximum absolute atomic E-state index is 13.0. The van der Waals surface area contributed by atoms with Gasteiger partial charge >= 0.3 is 12.2 Å². The summed E-state index contributed by atoms with van der Waals surface area (Å²) in [5.74, 6) is 0. The van der Waals surface area contributed by atoms with Gasteiger partial charge in [-0.15, -0.1) is 0 Å². The molecule has 0 aromatic heterocycles. The van der Waals surface area contributed by atoms with Crippen LogP contribution in [0.15, 0.2) is 60.7 Å². The molecule has 0 aliphatic carbocycles. The van der Waals surface area contributed by atoms with Gasteiger partial charge in [0.2, 0.25) is 11.4 Å². The number of benzene rings is 2. The largest absolute Gasteiger partial charge is 0.436 e. The fourth-order valence-corrected chi connectivity index (χ4v) is 4.40. The first-order valence-corrected chi connectivity index (χ1v) is 10.5. The number of carbonyl (C=O) groups excluding carboxylic acids is 2. The third-order valence-corrected chi connectivity index (χ3v) is 6.77. The molecule has 0 saturated carbocycles. The number of aliphatic hydroxyl groups is 2. The van der Waals surface area contributed by atoms with E-state index in [1.165, 1.54) is 13.8 Å². The SMILES string of the molecule is C[C@]1(Cc2ccccc2)OC(=O)N(N2C(=O)O[C@@](C)(Cc3ccccc3)[C@@]2(C)O)[C@@]1(C)O. The van der Waals surface area contributed by atoms with Gasteiger partial charge in [-0.25, -0.2) is 9.59 Å². The maximum atomic E-state index is 13.0. The number of nitrogens with zero attached hydrogens (tertiary/aromatic N) is 2. The summed E-state index contributed by atoms with van der Waals surface area (Å²) in [6.07, 6.45) is -1.49. The van der Waals surface area contributed by atoms with E-state index in [0.29, 0.717) is 0 Å². The van der Waals surface area contributed by atoms with Crippen molar-refractivity contribution in [3.63, 3.8) is 0 Å². The van der Waals surface area contributed by atoms with Crippen molar-refractivity contribution in [2.75, 3.05) is 0 Å². The van der Waals surface area contributed by atoms with E-state index in [4.69, 9.17) is 9.47 Å². The van der Waals surface area contributed by atoms with Gasteiger partial charge in [-0.05, 0) is 38.8 Å². The summed E-state index contributed by atoms with van der Waals surface area (Å²) in [6.45, 7) is 5.96. The minimum atomic E-state index is -1.96. The molecule has 170 valence electrons. The molecule has 4 rings (SSSR count). The minimum absolute atomic E-state index is 0.204. The number of carbonyl (C=O) groups is 2. The Morgan fingerprint density at radius 2 is 0.969 bits per heavy atom. The average molecular weight is 440 g/mol. The lowest BCUT2D eigenvalue weighted by Crippen LogP contribution is -2.68. The van der Waals surface area contributed by atoms with Gasteiger partial charge in [0.1, 0.15) is 0 Å². The van der Waals surface area contributed by atoms with Crippen molar-refractivity contribution < 1.29 is 29.3 Å². The molecule has 2 aromatic rings. The number of hydrogen-bond donors (Lipinski definition) is 2. The van der Waals surface area contributed by atoms with Gasteiger partial charge in [0.15, 0.2) is 11.2 Å². The van der Waals surface area contributed by atoms with Gasteiger partial charge in [-0.1, -0.05) is 60.7 Å². The van der Waals surface area contributed by atoms with Crippen LogP contribution in [0.1, 0.15) is 38.8 Å². The molecule has 0 spiro atoms. The van der Waals surface area contributed by atoms with Crippen molar-refractivity contribution in [1.29, 1.82) is 0 Å². The van der Waals surface area contributed by atoms with Crippen molar-refractivity contribution >= 4 is 12.2 Å². The van der Waals surface area contributed by atoms with Crippen molar-refractivity contribution in [3.8, 4) is 0 Å². The van der Waals surface area contributed by atoms with E-state index in [1.54, 1.807) is 13.8 Å². The second-order valence-corrected chi connectivity index (χ2v) is 9.19. The van der Waals surface area contributed by atoms with E-state index in [0.717, 1.165) is 21.1 Å². The summed E-state index contributed by atoms with van der Waals surface area (Å²) < 4.78 is 11.2. The third kappa shape index (κ3) is 3.22. The highest BCUT2D eigenvalue weighted by Crippen LogP contribution is 2.47. The van der Waals surface area contributed by atoms with E-state index in [2.05, 4.69) is 0 Å². The molecule has 2 aliphatic heterocycles. The van der Waals surface area contributed by atoms with Gasteiger partial charge in [-0.2, -0.15) is 10.0 Å². The first-order chi connectivity index (χ1) is 14.9. The Morgan fingerprint density at radius 3 is 1.28 bits per heavy atom. The Hall–Kier alpha value is -3.10. The summed E-state index contributed by atoms with van der Waals surface area (Å²) in [4.78, 5) is 25.9. The van der Waals surface area contributed by atoms with E-state index in [-0.39, 0.29) is 12.8 Å². The lowest BCUT2D eigenvalue weighted by Gasteiger charge is -2.44. The van der Waals surface area contributed by atoms with E-state index in [9.17, 15) is 19.8 Å². The smallest absolute Gasteiger partial charge is 0.432 e. The minimum Gasteiger partial charge on any atom is -0.436 e. The second kappa shape index (κ2) is 7.21. The van der Waals surface area contributed by atoms with Gasteiger partial charge in [0.25, 0.3) is 0 Å². The van der Waals surface area contributed by atoms with Gasteiger partial charge in [-0.3, -0.25) is 0 Å². The zero-order valence-electron chi connectivity index (χ0n) is 18.6. The van der Waals surface area contributed by atoms with Crippen LogP contribution < -0.4 is 0 Å². The standard InChI is InChI=1S/C24H28N2O6/c1-21(15-17-11-7-5-8-12-17)23(3,29)25(19(27)31-21)26-20(28)32-22(2,24(26,4)30)16-18-13-9-6-10-14-18/h5-14,29-30H,15-16H2,1-4H3/t21-,22+,23+,24-. The van der Waals surface area contributed by atoms with Crippen LogP contribution >= 0.6 is 0 Å². The normalized spacial score (nSPS) is 34.6. The zero-order valence-corrected chi connectivity index (χ0v) is 18.6. The van der Waals surface area contributed by atoms with Crippen molar-refractivity contribution in [1.82, 2.24) is 10.0 Å². The molecule has 0 radical (unpaired) electrons. The molecule has 2 N–H and O–H groups in total. The van der Waals surface area contributed by atoms with Gasteiger partial charge in [0.05, 0.1) is 0 Å². The third-order valence-electron chi connectivity index (χ3n) is 6.77. The van der Waals surface area contributed by atoms with Gasteiger partial charge < -0.3 is 19.7 Å². The maximum Gasteiger partial charge on any atom is 0.432 e. The molecular weight excluding hydrogens is 412 g/mol. The monoisotopic (exact) mass is 440 g/mol. The predicted octanol–water partition coefficient (Wildman–Crippen LogP) is 3.23.